The number of nitrogens with one attached hydrogen (secondary N) is 2. The van der Waals surface area contributed by atoms with Gasteiger partial charge < -0.3 is 10.3 Å². The normalized spacial score (nSPS) is 22.7. The fourth-order valence-electron chi connectivity index (χ4n) is 5.31. The molecule has 3 aromatic heterocycles. The number of pyridine rings is 1. The number of hydrogen-bond acceptors (Lipinski definition) is 4. The summed E-state index contributed by atoms with van der Waals surface area (Å²) in [7, 11) is 0. The highest BCUT2D eigenvalue weighted by molar-refractivity contribution is 5.92. The number of hydrogen-bond donors (Lipinski definition) is 2. The van der Waals surface area contributed by atoms with Crippen molar-refractivity contribution in [1.82, 2.24) is 19.9 Å². The van der Waals surface area contributed by atoms with Gasteiger partial charge in [-0.05, 0) is 43.2 Å². The molecule has 3 aliphatic carbocycles. The molecule has 6 heteroatoms. The van der Waals surface area contributed by atoms with Crippen LogP contribution in [0, 0.1) is 17.8 Å². The lowest BCUT2D eigenvalue weighted by atomic mass is 9.68. The molecule has 0 amide bonds. The Balaban J connectivity index is 1.43. The Kier molecular flexibility index (Phi) is 4.44. The van der Waals surface area contributed by atoms with E-state index < -0.39 is 5.95 Å². The molecule has 5 nitrogen and oxygen atoms in total. The third-order valence-electron chi connectivity index (χ3n) is 6.92. The average molecular weight is 414 g/mol. The number of fused-ring (bicyclic) bond motifs is 4. The molecule has 2 bridgehead atoms. The highest BCUT2D eigenvalue weighted by atomic mass is 19.1. The summed E-state index contributed by atoms with van der Waals surface area (Å²) in [6.45, 7) is 0. The Morgan fingerprint density at radius 3 is 2.55 bits per heavy atom. The largest absolute Gasteiger partial charge is 0.367 e. The van der Waals surface area contributed by atoms with Crippen molar-refractivity contribution < 1.29 is 4.39 Å². The first-order chi connectivity index (χ1) is 15.2. The summed E-state index contributed by atoms with van der Waals surface area (Å²) < 4.78 is 13.6. The molecule has 3 saturated carbocycles. The number of H-pyrrole nitrogens is 1. The van der Waals surface area contributed by atoms with E-state index in [9.17, 15) is 4.39 Å². The van der Waals surface area contributed by atoms with Crippen molar-refractivity contribution in [2.75, 3.05) is 5.32 Å². The summed E-state index contributed by atoms with van der Waals surface area (Å²) in [4.78, 5) is 16.8. The van der Waals surface area contributed by atoms with Gasteiger partial charge in [-0.3, -0.25) is 0 Å². The second-order valence-electron chi connectivity index (χ2n) is 8.83. The Bertz CT molecular complexity index is 1230. The molecule has 1 unspecified atom stereocenters. The van der Waals surface area contributed by atoms with Crippen LogP contribution in [0.1, 0.15) is 32.1 Å². The molecule has 4 aromatic rings. The SMILES string of the molecule is Fc1ccc2c(-c3nc(NC4CC5CCC4CC5)cc(-c4ccccc4)n3)c[nH]c2n1. The average Bonchev–Trinajstić information content (AvgIpc) is 3.23. The summed E-state index contributed by atoms with van der Waals surface area (Å²) in [6, 6.07) is 15.8. The molecule has 0 spiro atoms. The fourth-order valence-corrected chi connectivity index (χ4v) is 5.31. The number of rotatable bonds is 4. The van der Waals surface area contributed by atoms with Crippen LogP contribution in [0.15, 0.2) is 54.7 Å². The lowest BCUT2D eigenvalue weighted by Gasteiger charge is -2.42. The van der Waals surface area contributed by atoms with Crippen molar-refractivity contribution in [2.24, 2.45) is 11.8 Å². The molecule has 1 aromatic carbocycles. The maximum absolute atomic E-state index is 13.6. The maximum Gasteiger partial charge on any atom is 0.214 e. The lowest BCUT2D eigenvalue weighted by molar-refractivity contribution is 0.157. The van der Waals surface area contributed by atoms with Crippen LogP contribution < -0.4 is 5.32 Å². The number of benzene rings is 1. The number of aromatic amines is 1. The van der Waals surface area contributed by atoms with Gasteiger partial charge >= 0.3 is 0 Å². The van der Waals surface area contributed by atoms with E-state index in [4.69, 9.17) is 9.97 Å². The molecule has 0 radical (unpaired) electrons. The summed E-state index contributed by atoms with van der Waals surface area (Å²) in [5.41, 5.74) is 3.25. The van der Waals surface area contributed by atoms with Crippen molar-refractivity contribution in [3.8, 4) is 22.6 Å². The second kappa shape index (κ2) is 7.45. The topological polar surface area (TPSA) is 66.5 Å². The van der Waals surface area contributed by atoms with Crippen LogP contribution in [0.2, 0.25) is 0 Å². The number of nitrogens with zero attached hydrogens (tertiary/aromatic N) is 3. The molecular formula is C25H24FN5. The Labute approximate surface area is 180 Å². The standard InChI is InChI=1S/C25H24FN5/c26-22-11-10-18-19(14-27-24(18)30-22)25-29-21(16-4-2-1-3-5-16)13-23(31-25)28-20-12-15-6-8-17(20)9-7-15/h1-5,10-11,13-15,17,20H,6-9,12H2,(H,27,30)(H,28,29,31). The van der Waals surface area contributed by atoms with Gasteiger partial charge in [0.05, 0.1) is 5.69 Å². The molecule has 7 rings (SSSR count). The van der Waals surface area contributed by atoms with E-state index in [0.29, 0.717) is 17.5 Å². The van der Waals surface area contributed by atoms with E-state index >= 15 is 0 Å². The van der Waals surface area contributed by atoms with Gasteiger partial charge in [0.2, 0.25) is 5.95 Å². The molecule has 0 saturated heterocycles. The van der Waals surface area contributed by atoms with E-state index in [0.717, 1.165) is 39.9 Å². The zero-order valence-corrected chi connectivity index (χ0v) is 17.2. The van der Waals surface area contributed by atoms with Crippen LogP contribution in [0.25, 0.3) is 33.7 Å². The summed E-state index contributed by atoms with van der Waals surface area (Å²) in [6.07, 6.45) is 8.39. The molecular weight excluding hydrogens is 389 g/mol. The van der Waals surface area contributed by atoms with Gasteiger partial charge in [0.1, 0.15) is 11.5 Å². The Morgan fingerprint density at radius 2 is 1.77 bits per heavy atom. The van der Waals surface area contributed by atoms with Crippen molar-refractivity contribution in [2.45, 2.75) is 38.1 Å². The van der Waals surface area contributed by atoms with E-state index in [1.165, 1.54) is 38.2 Å². The van der Waals surface area contributed by atoms with E-state index in [2.05, 4.69) is 27.4 Å². The van der Waals surface area contributed by atoms with E-state index in [1.807, 2.05) is 30.5 Å². The van der Waals surface area contributed by atoms with Crippen molar-refractivity contribution in [3.05, 3.63) is 60.7 Å². The van der Waals surface area contributed by atoms with Crippen LogP contribution in [0.5, 0.6) is 0 Å². The van der Waals surface area contributed by atoms with Crippen LogP contribution in [-0.4, -0.2) is 26.0 Å². The van der Waals surface area contributed by atoms with Crippen molar-refractivity contribution in [1.29, 1.82) is 0 Å². The second-order valence-corrected chi connectivity index (χ2v) is 8.83. The molecule has 3 heterocycles. The third kappa shape index (κ3) is 3.46. The van der Waals surface area contributed by atoms with Gasteiger partial charge in [-0.15, -0.1) is 0 Å². The van der Waals surface area contributed by atoms with E-state index in [1.54, 1.807) is 6.07 Å². The molecule has 2 N–H and O–H groups in total. The minimum atomic E-state index is -0.505. The minimum absolute atomic E-state index is 0.470. The highest BCUT2D eigenvalue weighted by Gasteiger charge is 2.35. The summed E-state index contributed by atoms with van der Waals surface area (Å²) >= 11 is 0. The van der Waals surface area contributed by atoms with Gasteiger partial charge in [0, 0.05) is 34.8 Å². The Hall–Kier alpha value is -3.28. The monoisotopic (exact) mass is 413 g/mol. The highest BCUT2D eigenvalue weighted by Crippen LogP contribution is 2.42. The zero-order valence-electron chi connectivity index (χ0n) is 17.2. The Morgan fingerprint density at radius 1 is 0.935 bits per heavy atom. The molecule has 0 aliphatic heterocycles. The molecule has 1 atom stereocenters. The third-order valence-corrected chi connectivity index (χ3v) is 6.92. The first kappa shape index (κ1) is 18.5. The summed E-state index contributed by atoms with van der Waals surface area (Å²) in [5, 5.41) is 4.56. The van der Waals surface area contributed by atoms with Crippen LogP contribution in [0.3, 0.4) is 0 Å². The quantitative estimate of drug-likeness (QED) is 0.414. The van der Waals surface area contributed by atoms with Crippen LogP contribution in [0.4, 0.5) is 10.2 Å². The van der Waals surface area contributed by atoms with Gasteiger partial charge in [0.25, 0.3) is 0 Å². The predicted octanol–water partition coefficient (Wildman–Crippen LogP) is 5.82. The first-order valence-corrected chi connectivity index (χ1v) is 11.1. The van der Waals surface area contributed by atoms with E-state index in [-0.39, 0.29) is 0 Å². The van der Waals surface area contributed by atoms with Gasteiger partial charge in [-0.2, -0.15) is 4.39 Å². The number of aromatic nitrogens is 4. The number of anilines is 1. The fraction of sp³-hybridized carbons (Fsp3) is 0.320. The smallest absolute Gasteiger partial charge is 0.214 e. The molecule has 31 heavy (non-hydrogen) atoms. The minimum Gasteiger partial charge on any atom is -0.367 e. The predicted molar refractivity (Wildman–Crippen MR) is 120 cm³/mol. The first-order valence-electron chi connectivity index (χ1n) is 11.1. The lowest BCUT2D eigenvalue weighted by Crippen LogP contribution is -2.40. The van der Waals surface area contributed by atoms with Gasteiger partial charge in [-0.1, -0.05) is 43.2 Å². The summed E-state index contributed by atoms with van der Waals surface area (Å²) in [5.74, 6) is 2.53. The van der Waals surface area contributed by atoms with Crippen LogP contribution >= 0.6 is 0 Å². The van der Waals surface area contributed by atoms with Gasteiger partial charge in [0.15, 0.2) is 5.82 Å². The molecule has 3 aliphatic rings. The zero-order chi connectivity index (χ0) is 20.8. The van der Waals surface area contributed by atoms with Gasteiger partial charge in [-0.25, -0.2) is 15.0 Å². The van der Waals surface area contributed by atoms with Crippen molar-refractivity contribution >= 4 is 16.9 Å². The molecule has 156 valence electrons. The van der Waals surface area contributed by atoms with Crippen molar-refractivity contribution in [3.63, 3.8) is 0 Å². The number of halogens is 1. The van der Waals surface area contributed by atoms with Crippen LogP contribution in [-0.2, 0) is 0 Å². The maximum atomic E-state index is 13.6. The molecule has 3 fully saturated rings.